The van der Waals surface area contributed by atoms with E-state index in [1.807, 2.05) is 0 Å². The maximum absolute atomic E-state index is 5.96. The van der Waals surface area contributed by atoms with Gasteiger partial charge in [-0.2, -0.15) is 5.10 Å². The number of hydrogen-bond donors (Lipinski definition) is 2. The van der Waals surface area contributed by atoms with Gasteiger partial charge in [0.25, 0.3) is 0 Å². The first kappa shape index (κ1) is 13.6. The van der Waals surface area contributed by atoms with Crippen molar-refractivity contribution in [3.8, 4) is 0 Å². The number of aromatic nitrogens is 3. The van der Waals surface area contributed by atoms with E-state index in [4.69, 9.17) is 5.73 Å². The fourth-order valence-corrected chi connectivity index (χ4v) is 2.92. The van der Waals surface area contributed by atoms with Crippen LogP contribution >= 0.6 is 27.7 Å². The van der Waals surface area contributed by atoms with Crippen molar-refractivity contribution in [1.29, 1.82) is 0 Å². The first-order chi connectivity index (χ1) is 8.69. The van der Waals surface area contributed by atoms with E-state index in [0.29, 0.717) is 0 Å². The lowest BCUT2D eigenvalue weighted by Gasteiger charge is -2.10. The van der Waals surface area contributed by atoms with Gasteiger partial charge in [-0.15, -0.1) is 0 Å². The number of benzene rings is 1. The van der Waals surface area contributed by atoms with Crippen molar-refractivity contribution in [3.63, 3.8) is 0 Å². The van der Waals surface area contributed by atoms with E-state index in [0.717, 1.165) is 27.4 Å². The summed E-state index contributed by atoms with van der Waals surface area (Å²) in [6.45, 7) is 2.10. The van der Waals surface area contributed by atoms with Gasteiger partial charge in [0, 0.05) is 15.4 Å². The zero-order valence-electron chi connectivity index (χ0n) is 10.1. The minimum atomic E-state index is 0.227. The lowest BCUT2D eigenvalue weighted by atomic mass is 10.1. The van der Waals surface area contributed by atoms with E-state index in [2.05, 4.69) is 56.2 Å². The molecular formula is C12H15BrN4S. The van der Waals surface area contributed by atoms with Crippen LogP contribution in [0.3, 0.4) is 0 Å². The number of aromatic amines is 1. The SMILES string of the molecule is CCC(N)Cc1ccc(Sc2ncn[nH]2)c(Br)c1. The van der Waals surface area contributed by atoms with Gasteiger partial charge in [0.1, 0.15) is 6.33 Å². The molecule has 0 amide bonds. The van der Waals surface area contributed by atoms with Crippen molar-refractivity contribution in [1.82, 2.24) is 15.2 Å². The Balaban J connectivity index is 2.10. The Morgan fingerprint density at radius 1 is 1.50 bits per heavy atom. The second-order valence-electron chi connectivity index (χ2n) is 4.03. The van der Waals surface area contributed by atoms with Gasteiger partial charge in [-0.1, -0.05) is 13.0 Å². The fourth-order valence-electron chi connectivity index (χ4n) is 1.55. The second-order valence-corrected chi connectivity index (χ2v) is 5.91. The predicted octanol–water partition coefficient (Wildman–Crippen LogP) is 3.00. The number of hydrogen-bond acceptors (Lipinski definition) is 4. The highest BCUT2D eigenvalue weighted by atomic mass is 79.9. The minimum Gasteiger partial charge on any atom is -0.327 e. The van der Waals surface area contributed by atoms with E-state index >= 15 is 0 Å². The van der Waals surface area contributed by atoms with Crippen LogP contribution < -0.4 is 5.73 Å². The first-order valence-electron chi connectivity index (χ1n) is 5.76. The average molecular weight is 327 g/mol. The molecule has 96 valence electrons. The van der Waals surface area contributed by atoms with Crippen LogP contribution in [0.25, 0.3) is 0 Å². The Morgan fingerprint density at radius 3 is 2.94 bits per heavy atom. The molecule has 0 radical (unpaired) electrons. The maximum Gasteiger partial charge on any atom is 0.188 e. The summed E-state index contributed by atoms with van der Waals surface area (Å²) in [5, 5.41) is 7.44. The maximum atomic E-state index is 5.96. The molecule has 3 N–H and O–H groups in total. The van der Waals surface area contributed by atoms with E-state index in [1.54, 1.807) is 11.8 Å². The molecule has 1 unspecified atom stereocenters. The molecule has 2 rings (SSSR count). The third-order valence-electron chi connectivity index (χ3n) is 2.62. The molecule has 0 saturated carbocycles. The summed E-state index contributed by atoms with van der Waals surface area (Å²) in [6, 6.07) is 6.53. The van der Waals surface area contributed by atoms with Crippen molar-refractivity contribution >= 4 is 27.7 Å². The highest BCUT2D eigenvalue weighted by molar-refractivity contribution is 9.10. The van der Waals surface area contributed by atoms with Crippen LogP contribution in [0, 0.1) is 0 Å². The van der Waals surface area contributed by atoms with E-state index < -0.39 is 0 Å². The van der Waals surface area contributed by atoms with Gasteiger partial charge in [-0.25, -0.2) is 4.98 Å². The van der Waals surface area contributed by atoms with Gasteiger partial charge >= 0.3 is 0 Å². The van der Waals surface area contributed by atoms with Crippen molar-refractivity contribution in [2.24, 2.45) is 5.73 Å². The minimum absolute atomic E-state index is 0.227. The number of halogens is 1. The third kappa shape index (κ3) is 3.57. The fraction of sp³-hybridized carbons (Fsp3) is 0.333. The number of nitrogens with two attached hydrogens (primary N) is 1. The van der Waals surface area contributed by atoms with Gasteiger partial charge in [-0.05, 0) is 58.2 Å². The molecule has 0 aliphatic rings. The Bertz CT molecular complexity index is 501. The zero-order chi connectivity index (χ0) is 13.0. The molecule has 0 bridgehead atoms. The summed E-state index contributed by atoms with van der Waals surface area (Å²) >= 11 is 5.13. The molecule has 0 aliphatic carbocycles. The molecule has 6 heteroatoms. The lowest BCUT2D eigenvalue weighted by molar-refractivity contribution is 0.646. The Hall–Kier alpha value is -0.850. The van der Waals surface area contributed by atoms with Crippen LogP contribution in [-0.2, 0) is 6.42 Å². The smallest absolute Gasteiger partial charge is 0.188 e. The van der Waals surface area contributed by atoms with Crippen LogP contribution in [0.5, 0.6) is 0 Å². The van der Waals surface area contributed by atoms with Crippen LogP contribution in [0.15, 0.2) is 39.1 Å². The molecule has 0 aliphatic heterocycles. The number of H-pyrrole nitrogens is 1. The monoisotopic (exact) mass is 326 g/mol. The Kier molecular flexibility index (Phi) is 4.79. The average Bonchev–Trinajstić information content (AvgIpc) is 2.85. The predicted molar refractivity (Wildman–Crippen MR) is 76.6 cm³/mol. The third-order valence-corrected chi connectivity index (χ3v) is 4.50. The van der Waals surface area contributed by atoms with Crippen molar-refractivity contribution in [2.75, 3.05) is 0 Å². The molecule has 18 heavy (non-hydrogen) atoms. The van der Waals surface area contributed by atoms with Crippen LogP contribution in [0.4, 0.5) is 0 Å². The van der Waals surface area contributed by atoms with Crippen LogP contribution in [0.2, 0.25) is 0 Å². The van der Waals surface area contributed by atoms with Gasteiger partial charge < -0.3 is 5.73 Å². The summed E-state index contributed by atoms with van der Waals surface area (Å²) in [7, 11) is 0. The lowest BCUT2D eigenvalue weighted by Crippen LogP contribution is -2.21. The summed E-state index contributed by atoms with van der Waals surface area (Å²) < 4.78 is 1.06. The van der Waals surface area contributed by atoms with Crippen LogP contribution in [-0.4, -0.2) is 21.2 Å². The molecule has 0 spiro atoms. The van der Waals surface area contributed by atoms with Gasteiger partial charge in [-0.3, -0.25) is 5.10 Å². The molecule has 2 aromatic rings. The van der Waals surface area contributed by atoms with E-state index in [-0.39, 0.29) is 6.04 Å². The molecule has 1 heterocycles. The highest BCUT2D eigenvalue weighted by Crippen LogP contribution is 2.32. The number of nitrogens with one attached hydrogen (secondary N) is 1. The quantitative estimate of drug-likeness (QED) is 0.886. The molecular weight excluding hydrogens is 312 g/mol. The molecule has 1 aromatic heterocycles. The van der Waals surface area contributed by atoms with Crippen molar-refractivity contribution in [3.05, 3.63) is 34.6 Å². The molecule has 0 fully saturated rings. The first-order valence-corrected chi connectivity index (χ1v) is 7.37. The summed E-state index contributed by atoms with van der Waals surface area (Å²) in [6.07, 6.45) is 3.40. The van der Waals surface area contributed by atoms with Gasteiger partial charge in [0.05, 0.1) is 0 Å². The number of nitrogens with zero attached hydrogens (tertiary/aromatic N) is 2. The molecule has 1 aromatic carbocycles. The molecule has 0 saturated heterocycles. The number of rotatable bonds is 5. The van der Waals surface area contributed by atoms with E-state index in [1.165, 1.54) is 11.9 Å². The summed E-state index contributed by atoms with van der Waals surface area (Å²) in [5.74, 6) is 0. The van der Waals surface area contributed by atoms with Crippen molar-refractivity contribution < 1.29 is 0 Å². The van der Waals surface area contributed by atoms with Gasteiger partial charge in [0.15, 0.2) is 5.16 Å². The summed E-state index contributed by atoms with van der Waals surface area (Å²) in [5.41, 5.74) is 7.21. The zero-order valence-corrected chi connectivity index (χ0v) is 12.5. The van der Waals surface area contributed by atoms with Gasteiger partial charge in [0.2, 0.25) is 0 Å². The normalized spacial score (nSPS) is 12.6. The topological polar surface area (TPSA) is 67.6 Å². The Morgan fingerprint density at radius 2 is 2.33 bits per heavy atom. The second kappa shape index (κ2) is 6.36. The van der Waals surface area contributed by atoms with Crippen LogP contribution in [0.1, 0.15) is 18.9 Å². The largest absolute Gasteiger partial charge is 0.327 e. The van der Waals surface area contributed by atoms with Crippen molar-refractivity contribution in [2.45, 2.75) is 35.9 Å². The highest BCUT2D eigenvalue weighted by Gasteiger charge is 2.07. The summed E-state index contributed by atoms with van der Waals surface area (Å²) in [4.78, 5) is 5.20. The molecule has 1 atom stereocenters. The Labute approximate surface area is 119 Å². The van der Waals surface area contributed by atoms with E-state index in [9.17, 15) is 0 Å². The standard InChI is InChI=1S/C12H15BrN4S/c1-2-9(14)5-8-3-4-11(10(13)6-8)18-12-15-7-16-17-12/h3-4,6-7,9H,2,5,14H2,1H3,(H,15,16,17). The molecule has 4 nitrogen and oxygen atoms in total.